The predicted octanol–water partition coefficient (Wildman–Crippen LogP) is 3.63. The van der Waals surface area contributed by atoms with Crippen molar-refractivity contribution in [2.45, 2.75) is 32.0 Å². The molecule has 1 aromatic carbocycles. The molecule has 27 heavy (non-hydrogen) atoms. The molecule has 0 spiro atoms. The third-order valence-corrected chi connectivity index (χ3v) is 4.28. The lowest BCUT2D eigenvalue weighted by molar-refractivity contribution is -0.141. The van der Waals surface area contributed by atoms with Crippen molar-refractivity contribution in [3.8, 4) is 6.01 Å². The maximum atomic E-state index is 13.7. The standard InChI is InChI=1S/C18H17F4N3O2/c1-11-4-5-12(9-14(11)19)16(26)25-8-2-3-13(10-25)27-17-23-7-6-15(24-17)18(20,21)22/h4-7,9,13H,2-3,8,10H2,1H3. The SMILES string of the molecule is Cc1ccc(C(=O)N2CCCC(Oc3nccc(C(F)(F)F)n3)C2)cc1F. The molecule has 3 rings (SSSR count). The van der Waals surface area contributed by atoms with Crippen LogP contribution >= 0.6 is 0 Å². The Morgan fingerprint density at radius 2 is 2.07 bits per heavy atom. The Bertz CT molecular complexity index is 842. The first-order valence-corrected chi connectivity index (χ1v) is 8.36. The third-order valence-electron chi connectivity index (χ3n) is 4.28. The number of nitrogens with zero attached hydrogens (tertiary/aromatic N) is 3. The van der Waals surface area contributed by atoms with Crippen LogP contribution in [0.3, 0.4) is 0 Å². The molecule has 0 bridgehead atoms. The average molecular weight is 383 g/mol. The van der Waals surface area contributed by atoms with Gasteiger partial charge in [-0.2, -0.15) is 18.2 Å². The number of halogens is 4. The van der Waals surface area contributed by atoms with E-state index in [9.17, 15) is 22.4 Å². The van der Waals surface area contributed by atoms with E-state index in [0.29, 0.717) is 24.9 Å². The number of hydrogen-bond donors (Lipinski definition) is 0. The molecule has 1 atom stereocenters. The van der Waals surface area contributed by atoms with E-state index in [2.05, 4.69) is 9.97 Å². The maximum absolute atomic E-state index is 13.7. The highest BCUT2D eigenvalue weighted by Crippen LogP contribution is 2.28. The number of ether oxygens (including phenoxy) is 1. The molecule has 1 aromatic heterocycles. The largest absolute Gasteiger partial charge is 0.458 e. The lowest BCUT2D eigenvalue weighted by Gasteiger charge is -2.32. The molecule has 144 valence electrons. The van der Waals surface area contributed by atoms with Crippen LogP contribution in [0.25, 0.3) is 0 Å². The first kappa shape index (κ1) is 19.1. The Morgan fingerprint density at radius 1 is 1.30 bits per heavy atom. The fourth-order valence-corrected chi connectivity index (χ4v) is 2.83. The van der Waals surface area contributed by atoms with E-state index in [0.717, 1.165) is 12.3 Å². The normalized spacial score (nSPS) is 17.7. The Morgan fingerprint density at radius 3 is 2.78 bits per heavy atom. The van der Waals surface area contributed by atoms with Crippen molar-refractivity contribution in [2.24, 2.45) is 0 Å². The summed E-state index contributed by atoms with van der Waals surface area (Å²) in [6.07, 6.45) is -3.01. The summed E-state index contributed by atoms with van der Waals surface area (Å²) >= 11 is 0. The number of aryl methyl sites for hydroxylation is 1. The fraction of sp³-hybridized carbons (Fsp3) is 0.389. The molecule has 0 saturated carbocycles. The molecule has 2 aromatic rings. The summed E-state index contributed by atoms with van der Waals surface area (Å²) in [7, 11) is 0. The number of hydrogen-bond acceptors (Lipinski definition) is 4. The second kappa shape index (κ2) is 7.50. The van der Waals surface area contributed by atoms with Crippen molar-refractivity contribution in [3.05, 3.63) is 53.1 Å². The van der Waals surface area contributed by atoms with Gasteiger partial charge in [-0.3, -0.25) is 4.79 Å². The molecule has 0 N–H and O–H groups in total. The quantitative estimate of drug-likeness (QED) is 0.760. The Labute approximate surface area is 153 Å². The third kappa shape index (κ3) is 4.53. The number of amides is 1. The lowest BCUT2D eigenvalue weighted by Crippen LogP contribution is -2.44. The first-order chi connectivity index (χ1) is 12.7. The Balaban J connectivity index is 1.69. The van der Waals surface area contributed by atoms with E-state index in [1.165, 1.54) is 17.0 Å². The van der Waals surface area contributed by atoms with Gasteiger partial charge in [0.2, 0.25) is 0 Å². The van der Waals surface area contributed by atoms with Gasteiger partial charge in [-0.05, 0) is 43.5 Å². The smallest absolute Gasteiger partial charge is 0.433 e. The van der Waals surface area contributed by atoms with E-state index in [1.54, 1.807) is 13.0 Å². The molecule has 2 heterocycles. The molecule has 1 amide bonds. The van der Waals surface area contributed by atoms with Crippen molar-refractivity contribution in [1.29, 1.82) is 0 Å². The van der Waals surface area contributed by atoms with Crippen LogP contribution in [0.4, 0.5) is 17.6 Å². The summed E-state index contributed by atoms with van der Waals surface area (Å²) in [6, 6.07) is 4.62. The average Bonchev–Trinajstić information content (AvgIpc) is 2.63. The summed E-state index contributed by atoms with van der Waals surface area (Å²) < 4.78 is 57.4. The zero-order valence-electron chi connectivity index (χ0n) is 14.5. The van der Waals surface area contributed by atoms with Crippen LogP contribution in [0.5, 0.6) is 6.01 Å². The molecule has 0 radical (unpaired) electrons. The second-order valence-corrected chi connectivity index (χ2v) is 6.32. The number of carbonyl (C=O) groups is 1. The second-order valence-electron chi connectivity index (χ2n) is 6.32. The maximum Gasteiger partial charge on any atom is 0.433 e. The van der Waals surface area contributed by atoms with Crippen molar-refractivity contribution in [2.75, 3.05) is 13.1 Å². The molecule has 1 aliphatic heterocycles. The monoisotopic (exact) mass is 383 g/mol. The zero-order valence-corrected chi connectivity index (χ0v) is 14.5. The van der Waals surface area contributed by atoms with Crippen LogP contribution in [-0.2, 0) is 6.18 Å². The summed E-state index contributed by atoms with van der Waals surface area (Å²) in [4.78, 5) is 21.1. The van der Waals surface area contributed by atoms with E-state index in [1.807, 2.05) is 0 Å². The van der Waals surface area contributed by atoms with Gasteiger partial charge in [0.05, 0.1) is 6.54 Å². The van der Waals surface area contributed by atoms with Crippen molar-refractivity contribution >= 4 is 5.91 Å². The molecular formula is C18H17F4N3O2. The molecule has 1 unspecified atom stereocenters. The molecule has 1 fully saturated rings. The van der Waals surface area contributed by atoms with Gasteiger partial charge in [-0.15, -0.1) is 0 Å². The van der Waals surface area contributed by atoms with Crippen LogP contribution in [0.2, 0.25) is 0 Å². The summed E-state index contributed by atoms with van der Waals surface area (Å²) in [5, 5.41) is 0. The highest BCUT2D eigenvalue weighted by molar-refractivity contribution is 5.94. The highest BCUT2D eigenvalue weighted by atomic mass is 19.4. The number of likely N-dealkylation sites (tertiary alicyclic amines) is 1. The van der Waals surface area contributed by atoms with Crippen molar-refractivity contribution < 1.29 is 27.1 Å². The minimum absolute atomic E-state index is 0.161. The molecule has 1 saturated heterocycles. The number of rotatable bonds is 3. The minimum atomic E-state index is -4.59. The molecular weight excluding hydrogens is 366 g/mol. The fourth-order valence-electron chi connectivity index (χ4n) is 2.83. The lowest BCUT2D eigenvalue weighted by atomic mass is 10.1. The number of alkyl halides is 3. The summed E-state index contributed by atoms with van der Waals surface area (Å²) in [6.45, 7) is 2.22. The van der Waals surface area contributed by atoms with Crippen LogP contribution in [0, 0.1) is 12.7 Å². The number of aromatic nitrogens is 2. The number of piperidine rings is 1. The van der Waals surface area contributed by atoms with Gasteiger partial charge in [0.15, 0.2) is 5.69 Å². The minimum Gasteiger partial charge on any atom is -0.458 e. The van der Waals surface area contributed by atoms with Crippen LogP contribution in [0.15, 0.2) is 30.5 Å². The zero-order chi connectivity index (χ0) is 19.6. The van der Waals surface area contributed by atoms with Gasteiger partial charge in [-0.1, -0.05) is 6.07 Å². The molecule has 1 aliphatic rings. The van der Waals surface area contributed by atoms with Crippen molar-refractivity contribution in [1.82, 2.24) is 14.9 Å². The molecule has 0 aliphatic carbocycles. The van der Waals surface area contributed by atoms with Crippen LogP contribution in [-0.4, -0.2) is 40.0 Å². The molecule has 5 nitrogen and oxygen atoms in total. The van der Waals surface area contributed by atoms with E-state index >= 15 is 0 Å². The Hall–Kier alpha value is -2.71. The van der Waals surface area contributed by atoms with E-state index < -0.39 is 23.8 Å². The van der Waals surface area contributed by atoms with Crippen LogP contribution in [0.1, 0.15) is 34.5 Å². The number of benzene rings is 1. The van der Waals surface area contributed by atoms with Crippen molar-refractivity contribution in [3.63, 3.8) is 0 Å². The first-order valence-electron chi connectivity index (χ1n) is 8.36. The van der Waals surface area contributed by atoms with Gasteiger partial charge in [-0.25, -0.2) is 9.37 Å². The summed E-state index contributed by atoms with van der Waals surface area (Å²) in [5.74, 6) is -0.824. The van der Waals surface area contributed by atoms with Gasteiger partial charge < -0.3 is 9.64 Å². The van der Waals surface area contributed by atoms with Gasteiger partial charge in [0.25, 0.3) is 5.91 Å². The predicted molar refractivity (Wildman–Crippen MR) is 87.7 cm³/mol. The van der Waals surface area contributed by atoms with Gasteiger partial charge in [0, 0.05) is 18.3 Å². The Kier molecular flexibility index (Phi) is 5.29. The highest BCUT2D eigenvalue weighted by Gasteiger charge is 2.33. The summed E-state index contributed by atoms with van der Waals surface area (Å²) in [5.41, 5.74) is -0.437. The van der Waals surface area contributed by atoms with Crippen LogP contribution < -0.4 is 4.74 Å². The number of carbonyl (C=O) groups excluding carboxylic acids is 1. The molecule has 9 heteroatoms. The topological polar surface area (TPSA) is 55.3 Å². The van der Waals surface area contributed by atoms with Gasteiger partial charge >= 0.3 is 12.2 Å². The van der Waals surface area contributed by atoms with E-state index in [4.69, 9.17) is 4.74 Å². The van der Waals surface area contributed by atoms with E-state index in [-0.39, 0.29) is 24.0 Å². The van der Waals surface area contributed by atoms with Gasteiger partial charge in [0.1, 0.15) is 11.9 Å².